The average Bonchev–Trinajstić information content (AvgIpc) is 2.58. The average molecular weight is 343 g/mol. The molecule has 136 valence electrons. The fourth-order valence-electron chi connectivity index (χ4n) is 3.32. The zero-order valence-corrected chi connectivity index (χ0v) is 15.5. The first-order valence-electron chi connectivity index (χ1n) is 9.08. The van der Waals surface area contributed by atoms with E-state index in [1.54, 1.807) is 0 Å². The fourth-order valence-corrected chi connectivity index (χ4v) is 3.32. The van der Waals surface area contributed by atoms with E-state index in [1.165, 1.54) is 5.56 Å². The van der Waals surface area contributed by atoms with Crippen molar-refractivity contribution in [2.45, 2.75) is 64.0 Å². The maximum Gasteiger partial charge on any atom is 0.407 e. The molecule has 2 N–H and O–H groups in total. The molecule has 0 unspecified atom stereocenters. The van der Waals surface area contributed by atoms with E-state index in [4.69, 9.17) is 4.74 Å². The van der Waals surface area contributed by atoms with Gasteiger partial charge in [-0.05, 0) is 64.0 Å². The lowest BCUT2D eigenvalue weighted by Gasteiger charge is -2.30. The number of ether oxygens (including phenoxy) is 1. The van der Waals surface area contributed by atoms with Gasteiger partial charge >= 0.3 is 6.09 Å². The fraction of sp³-hybridized carbons (Fsp3) is 0.600. The summed E-state index contributed by atoms with van der Waals surface area (Å²) in [5.74, 6) is 0.480. The quantitative estimate of drug-likeness (QED) is 0.800. The van der Waals surface area contributed by atoms with E-state index in [0.29, 0.717) is 18.5 Å². The monoisotopic (exact) mass is 343 g/mol. The van der Waals surface area contributed by atoms with Gasteiger partial charge in [0.2, 0.25) is 0 Å². The number of carbonyl (C=O) groups is 1. The predicted octanol–water partition coefficient (Wildman–Crippen LogP) is 3.70. The van der Waals surface area contributed by atoms with Crippen molar-refractivity contribution in [2.75, 3.05) is 13.1 Å². The summed E-state index contributed by atoms with van der Waals surface area (Å²) in [4.78, 5) is 11.6. The van der Waals surface area contributed by atoms with Crippen LogP contribution in [0.2, 0.25) is 0 Å². The third-order valence-corrected chi connectivity index (χ3v) is 4.47. The summed E-state index contributed by atoms with van der Waals surface area (Å²) >= 11 is 0. The van der Waals surface area contributed by atoms with Gasteiger partial charge < -0.3 is 15.4 Å². The molecule has 1 aliphatic carbocycles. The predicted molar refractivity (Wildman–Crippen MR) is 98.4 cm³/mol. The van der Waals surface area contributed by atoms with Gasteiger partial charge in [0.15, 0.2) is 0 Å². The molecule has 5 nitrogen and oxygen atoms in total. The van der Waals surface area contributed by atoms with E-state index < -0.39 is 5.60 Å². The maximum atomic E-state index is 11.6. The van der Waals surface area contributed by atoms with Crippen LogP contribution in [0.1, 0.15) is 63.5 Å². The summed E-state index contributed by atoms with van der Waals surface area (Å²) in [6.45, 7) is 6.87. The summed E-state index contributed by atoms with van der Waals surface area (Å²) in [5, 5.41) is 15.5. The Morgan fingerprint density at radius 2 is 1.88 bits per heavy atom. The van der Waals surface area contributed by atoms with Crippen LogP contribution in [0, 0.1) is 11.3 Å². The number of carbonyl (C=O) groups excluding carboxylic acids is 1. The van der Waals surface area contributed by atoms with Crippen LogP contribution in [0.15, 0.2) is 24.3 Å². The Kier molecular flexibility index (Phi) is 6.83. The molecule has 1 aromatic rings. The molecule has 1 aromatic carbocycles. The van der Waals surface area contributed by atoms with Gasteiger partial charge in [0.05, 0.1) is 11.6 Å². The van der Waals surface area contributed by atoms with Gasteiger partial charge in [0, 0.05) is 19.1 Å². The Balaban J connectivity index is 1.68. The van der Waals surface area contributed by atoms with Crippen molar-refractivity contribution in [1.82, 2.24) is 10.6 Å². The first-order chi connectivity index (χ1) is 11.9. The highest BCUT2D eigenvalue weighted by atomic mass is 16.6. The molecule has 0 aliphatic heterocycles. The number of nitriles is 1. The first kappa shape index (κ1) is 19.3. The zero-order chi connectivity index (χ0) is 18.3. The third kappa shape index (κ3) is 6.39. The van der Waals surface area contributed by atoms with Gasteiger partial charge in [-0.25, -0.2) is 4.79 Å². The lowest BCUT2D eigenvalue weighted by Crippen LogP contribution is -2.40. The SMILES string of the molecule is CC(C)(C)OC(=O)NCCNC1CCC(c2ccccc2C#N)CC1. The second-order valence-electron chi connectivity index (χ2n) is 7.63. The standard InChI is InChI=1S/C20H29N3O2/c1-20(2,3)25-19(24)23-13-12-22-17-10-8-15(9-11-17)18-7-5-4-6-16(18)14-21/h4-7,15,17,22H,8-13H2,1-3H3,(H,23,24). The number of hydrogen-bond donors (Lipinski definition) is 2. The molecule has 1 aliphatic rings. The molecule has 1 amide bonds. The molecule has 0 heterocycles. The van der Waals surface area contributed by atoms with Crippen LogP contribution in [0.25, 0.3) is 0 Å². The van der Waals surface area contributed by atoms with E-state index in [2.05, 4.69) is 22.8 Å². The molecule has 0 aromatic heterocycles. The van der Waals surface area contributed by atoms with Crippen LogP contribution in [-0.4, -0.2) is 30.8 Å². The number of alkyl carbamates (subject to hydrolysis) is 1. The molecule has 5 heteroatoms. The minimum absolute atomic E-state index is 0.369. The Morgan fingerprint density at radius 3 is 2.52 bits per heavy atom. The Morgan fingerprint density at radius 1 is 1.20 bits per heavy atom. The molecular weight excluding hydrogens is 314 g/mol. The minimum atomic E-state index is -0.463. The van der Waals surface area contributed by atoms with Crippen molar-refractivity contribution < 1.29 is 9.53 Å². The number of hydrogen-bond acceptors (Lipinski definition) is 4. The largest absolute Gasteiger partial charge is 0.444 e. The summed E-state index contributed by atoms with van der Waals surface area (Å²) in [7, 11) is 0. The van der Waals surface area contributed by atoms with E-state index in [-0.39, 0.29) is 6.09 Å². The molecule has 1 fully saturated rings. The maximum absolute atomic E-state index is 11.6. The number of rotatable bonds is 5. The summed E-state index contributed by atoms with van der Waals surface area (Å²) < 4.78 is 5.21. The number of nitrogens with zero attached hydrogens (tertiary/aromatic N) is 1. The van der Waals surface area contributed by atoms with Crippen LogP contribution < -0.4 is 10.6 Å². The van der Waals surface area contributed by atoms with Crippen molar-refractivity contribution in [3.8, 4) is 6.07 Å². The second-order valence-corrected chi connectivity index (χ2v) is 7.63. The summed E-state index contributed by atoms with van der Waals surface area (Å²) in [5.41, 5.74) is 1.53. The van der Waals surface area contributed by atoms with Crippen LogP contribution in [0.4, 0.5) is 4.79 Å². The normalized spacial score (nSPS) is 20.6. The van der Waals surface area contributed by atoms with Crippen molar-refractivity contribution in [3.63, 3.8) is 0 Å². The molecule has 25 heavy (non-hydrogen) atoms. The van der Waals surface area contributed by atoms with E-state index >= 15 is 0 Å². The molecule has 1 saturated carbocycles. The van der Waals surface area contributed by atoms with Crippen LogP contribution in [0.5, 0.6) is 0 Å². The lowest BCUT2D eigenvalue weighted by molar-refractivity contribution is 0.0527. The van der Waals surface area contributed by atoms with Crippen molar-refractivity contribution in [2.24, 2.45) is 0 Å². The number of amides is 1. The van der Waals surface area contributed by atoms with Gasteiger partial charge in [-0.1, -0.05) is 18.2 Å². The Labute approximate surface area is 150 Å². The zero-order valence-electron chi connectivity index (χ0n) is 15.5. The third-order valence-electron chi connectivity index (χ3n) is 4.47. The smallest absolute Gasteiger partial charge is 0.407 e. The van der Waals surface area contributed by atoms with Crippen LogP contribution in [0.3, 0.4) is 0 Å². The Bertz CT molecular complexity index is 608. The highest BCUT2D eigenvalue weighted by Crippen LogP contribution is 2.34. The van der Waals surface area contributed by atoms with Crippen LogP contribution in [-0.2, 0) is 4.74 Å². The Hall–Kier alpha value is -2.06. The van der Waals surface area contributed by atoms with E-state index in [1.807, 2.05) is 39.0 Å². The molecule has 0 atom stereocenters. The number of benzene rings is 1. The van der Waals surface area contributed by atoms with Crippen molar-refractivity contribution in [3.05, 3.63) is 35.4 Å². The second kappa shape index (κ2) is 8.87. The van der Waals surface area contributed by atoms with Gasteiger partial charge in [0.1, 0.15) is 5.60 Å². The van der Waals surface area contributed by atoms with Gasteiger partial charge in [-0.15, -0.1) is 0 Å². The summed E-state index contributed by atoms with van der Waals surface area (Å²) in [6.07, 6.45) is 4.01. The van der Waals surface area contributed by atoms with E-state index in [9.17, 15) is 10.1 Å². The molecule has 0 radical (unpaired) electrons. The highest BCUT2D eigenvalue weighted by Gasteiger charge is 2.23. The topological polar surface area (TPSA) is 74.2 Å². The lowest BCUT2D eigenvalue weighted by atomic mass is 9.80. The molecule has 0 bridgehead atoms. The highest BCUT2D eigenvalue weighted by molar-refractivity contribution is 5.67. The van der Waals surface area contributed by atoms with Crippen LogP contribution >= 0.6 is 0 Å². The molecular formula is C20H29N3O2. The van der Waals surface area contributed by atoms with Crippen molar-refractivity contribution >= 4 is 6.09 Å². The van der Waals surface area contributed by atoms with E-state index in [0.717, 1.165) is 37.8 Å². The number of nitrogens with one attached hydrogen (secondary N) is 2. The van der Waals surface area contributed by atoms with Gasteiger partial charge in [0.25, 0.3) is 0 Å². The molecule has 0 spiro atoms. The van der Waals surface area contributed by atoms with Gasteiger partial charge in [-0.2, -0.15) is 5.26 Å². The van der Waals surface area contributed by atoms with Crippen molar-refractivity contribution in [1.29, 1.82) is 5.26 Å². The molecule has 0 saturated heterocycles. The summed E-state index contributed by atoms with van der Waals surface area (Å²) in [6, 6.07) is 10.7. The van der Waals surface area contributed by atoms with Gasteiger partial charge in [-0.3, -0.25) is 0 Å². The first-order valence-corrected chi connectivity index (χ1v) is 9.08. The minimum Gasteiger partial charge on any atom is -0.444 e. The molecule has 2 rings (SSSR count).